The maximum Gasteiger partial charge on any atom is 0.308 e. The second-order valence-electron chi connectivity index (χ2n) is 7.84. The molecule has 0 bridgehead atoms. The summed E-state index contributed by atoms with van der Waals surface area (Å²) in [7, 11) is 1.26. The van der Waals surface area contributed by atoms with Crippen LogP contribution in [-0.2, 0) is 9.53 Å². The molecule has 1 aromatic heterocycles. The average Bonchev–Trinajstić information content (AvgIpc) is 3.07. The molecule has 0 saturated carbocycles. The highest BCUT2D eigenvalue weighted by atomic mass is 19.1. The van der Waals surface area contributed by atoms with Gasteiger partial charge in [0.2, 0.25) is 0 Å². The molecule has 1 heterocycles. The van der Waals surface area contributed by atoms with Crippen LogP contribution in [0.2, 0.25) is 0 Å². The molecule has 0 fully saturated rings. The molecular weight excluding hydrogens is 397 g/mol. The summed E-state index contributed by atoms with van der Waals surface area (Å²) in [5.41, 5.74) is 3.74. The van der Waals surface area contributed by atoms with Gasteiger partial charge in [0.05, 0.1) is 25.7 Å². The fourth-order valence-corrected chi connectivity index (χ4v) is 3.84. The summed E-state index contributed by atoms with van der Waals surface area (Å²) in [4.78, 5) is 11.3. The van der Waals surface area contributed by atoms with Gasteiger partial charge in [-0.1, -0.05) is 36.4 Å². The third-order valence-corrected chi connectivity index (χ3v) is 5.22. The number of fused-ring (bicyclic) bond motifs is 1. The third kappa shape index (κ3) is 5.21. The van der Waals surface area contributed by atoms with Crippen molar-refractivity contribution in [3.63, 3.8) is 0 Å². The summed E-state index contributed by atoms with van der Waals surface area (Å²) >= 11 is 0. The lowest BCUT2D eigenvalue weighted by molar-refractivity contribution is -0.143. The number of aliphatic hydroxyl groups excluding tert-OH is 2. The molecule has 2 atom stereocenters. The highest BCUT2D eigenvalue weighted by Gasteiger charge is 2.19. The van der Waals surface area contributed by atoms with Crippen molar-refractivity contribution in [2.24, 2.45) is 0 Å². The van der Waals surface area contributed by atoms with E-state index in [0.717, 1.165) is 27.7 Å². The van der Waals surface area contributed by atoms with Gasteiger partial charge in [-0.25, -0.2) is 4.39 Å². The molecule has 0 saturated heterocycles. The lowest BCUT2D eigenvalue weighted by Crippen LogP contribution is -2.20. The summed E-state index contributed by atoms with van der Waals surface area (Å²) < 4.78 is 20.3. The molecule has 3 rings (SSSR count). The van der Waals surface area contributed by atoms with Crippen molar-refractivity contribution in [2.45, 2.75) is 44.9 Å². The molecule has 0 aliphatic carbocycles. The first-order chi connectivity index (χ1) is 14.8. The van der Waals surface area contributed by atoms with E-state index in [-0.39, 0.29) is 24.7 Å². The molecular formula is C25H28FNO4. The molecule has 0 radical (unpaired) electrons. The standard InChI is InChI=1S/C25H28FNO4/c1-16(2)27-22-7-5-4-6-21(22)25(17-8-10-18(26)11-9-17)23(27)13-12-19(28)14-20(29)15-24(30)31-3/h4-13,16,19-20,28-29H,14-15H2,1-3H3/b13-12+/t19-,20-/m1/s1. The molecule has 0 aliphatic heterocycles. The predicted molar refractivity (Wildman–Crippen MR) is 120 cm³/mol. The Hall–Kier alpha value is -2.96. The number of carbonyl (C=O) groups is 1. The SMILES string of the molecule is COC(=O)C[C@H](O)C[C@H](O)/C=C/c1c(-c2ccc(F)cc2)c2ccccc2n1C(C)C. The molecule has 0 aliphatic rings. The number of hydrogen-bond donors (Lipinski definition) is 2. The summed E-state index contributed by atoms with van der Waals surface area (Å²) in [6, 6.07) is 14.5. The zero-order valence-electron chi connectivity index (χ0n) is 18.0. The Balaban J connectivity index is 2.03. The first-order valence-electron chi connectivity index (χ1n) is 10.3. The Bertz CT molecular complexity index is 1070. The number of carbonyl (C=O) groups excluding carboxylic acids is 1. The molecule has 0 unspecified atom stereocenters. The second-order valence-corrected chi connectivity index (χ2v) is 7.84. The van der Waals surface area contributed by atoms with Crippen LogP contribution < -0.4 is 0 Å². The lowest BCUT2D eigenvalue weighted by atomic mass is 10.0. The lowest BCUT2D eigenvalue weighted by Gasteiger charge is -2.15. The number of benzene rings is 2. The number of ether oxygens (including phenoxy) is 1. The molecule has 164 valence electrons. The molecule has 3 aromatic rings. The van der Waals surface area contributed by atoms with Crippen molar-refractivity contribution in [1.29, 1.82) is 0 Å². The first kappa shape index (κ1) is 22.7. The minimum absolute atomic E-state index is 0.0133. The van der Waals surface area contributed by atoms with Gasteiger partial charge in [0.15, 0.2) is 0 Å². The summed E-state index contributed by atoms with van der Waals surface area (Å²) in [6.45, 7) is 4.16. The van der Waals surface area contributed by atoms with E-state index < -0.39 is 18.2 Å². The van der Waals surface area contributed by atoms with Gasteiger partial charge in [0.1, 0.15) is 5.82 Å². The molecule has 5 nitrogen and oxygen atoms in total. The van der Waals surface area contributed by atoms with Crippen molar-refractivity contribution >= 4 is 22.9 Å². The number of aliphatic hydroxyl groups is 2. The fraction of sp³-hybridized carbons (Fsp3) is 0.320. The van der Waals surface area contributed by atoms with Crippen molar-refractivity contribution < 1.29 is 24.1 Å². The van der Waals surface area contributed by atoms with Crippen molar-refractivity contribution in [3.05, 3.63) is 66.1 Å². The largest absolute Gasteiger partial charge is 0.469 e. The monoisotopic (exact) mass is 425 g/mol. The number of methoxy groups -OCH3 is 1. The van der Waals surface area contributed by atoms with E-state index in [0.29, 0.717) is 0 Å². The Morgan fingerprint density at radius 1 is 1.13 bits per heavy atom. The van der Waals surface area contributed by atoms with Crippen molar-refractivity contribution in [2.75, 3.05) is 7.11 Å². The zero-order chi connectivity index (χ0) is 22.5. The normalized spacial score (nSPS) is 13.8. The number of aromatic nitrogens is 1. The van der Waals surface area contributed by atoms with E-state index in [1.165, 1.54) is 19.2 Å². The van der Waals surface area contributed by atoms with E-state index in [1.807, 2.05) is 30.3 Å². The van der Waals surface area contributed by atoms with Gasteiger partial charge in [0, 0.05) is 34.6 Å². The summed E-state index contributed by atoms with van der Waals surface area (Å²) in [6.07, 6.45) is 1.34. The number of nitrogens with zero attached hydrogens (tertiary/aromatic N) is 1. The van der Waals surface area contributed by atoms with Gasteiger partial charge < -0.3 is 19.5 Å². The van der Waals surface area contributed by atoms with Crippen LogP contribution in [0.25, 0.3) is 28.1 Å². The van der Waals surface area contributed by atoms with E-state index in [2.05, 4.69) is 23.2 Å². The summed E-state index contributed by atoms with van der Waals surface area (Å²) in [5.74, 6) is -0.828. The van der Waals surface area contributed by atoms with Crippen molar-refractivity contribution in [1.82, 2.24) is 4.57 Å². The van der Waals surface area contributed by atoms with Crippen LogP contribution in [0.3, 0.4) is 0 Å². The van der Waals surface area contributed by atoms with Crippen molar-refractivity contribution in [3.8, 4) is 11.1 Å². The van der Waals surface area contributed by atoms with E-state index in [1.54, 1.807) is 18.2 Å². The van der Waals surface area contributed by atoms with Gasteiger partial charge in [-0.3, -0.25) is 4.79 Å². The van der Waals surface area contributed by atoms with E-state index >= 15 is 0 Å². The van der Waals surface area contributed by atoms with Crippen LogP contribution in [0, 0.1) is 5.82 Å². The fourth-order valence-electron chi connectivity index (χ4n) is 3.84. The Labute approximate surface area is 181 Å². The van der Waals surface area contributed by atoms with Gasteiger partial charge >= 0.3 is 5.97 Å². The Kier molecular flexibility index (Phi) is 7.25. The number of para-hydroxylation sites is 1. The molecule has 6 heteroatoms. The van der Waals surface area contributed by atoms with Gasteiger partial charge in [-0.2, -0.15) is 0 Å². The minimum atomic E-state index is -1.00. The quantitative estimate of drug-likeness (QED) is 0.513. The van der Waals surface area contributed by atoms with Gasteiger partial charge in [-0.15, -0.1) is 0 Å². The van der Waals surface area contributed by atoms with Crippen LogP contribution in [0.15, 0.2) is 54.6 Å². The highest BCUT2D eigenvalue weighted by molar-refractivity contribution is 6.01. The van der Waals surface area contributed by atoms with Crippen LogP contribution >= 0.6 is 0 Å². The Morgan fingerprint density at radius 2 is 1.81 bits per heavy atom. The van der Waals surface area contributed by atoms with Crippen LogP contribution in [0.4, 0.5) is 4.39 Å². The van der Waals surface area contributed by atoms with E-state index in [9.17, 15) is 19.4 Å². The van der Waals surface area contributed by atoms with E-state index in [4.69, 9.17) is 0 Å². The predicted octanol–water partition coefficient (Wildman–Crippen LogP) is 4.72. The third-order valence-electron chi connectivity index (χ3n) is 5.22. The minimum Gasteiger partial charge on any atom is -0.469 e. The van der Waals surface area contributed by atoms with Gasteiger partial charge in [-0.05, 0) is 43.7 Å². The zero-order valence-corrected chi connectivity index (χ0v) is 18.0. The molecule has 31 heavy (non-hydrogen) atoms. The number of rotatable bonds is 8. The van der Waals surface area contributed by atoms with Crippen LogP contribution in [0.5, 0.6) is 0 Å². The molecule has 0 amide bonds. The number of esters is 1. The molecule has 2 aromatic carbocycles. The highest BCUT2D eigenvalue weighted by Crippen LogP contribution is 2.38. The van der Waals surface area contributed by atoms with Crippen LogP contribution in [0.1, 0.15) is 38.4 Å². The smallest absolute Gasteiger partial charge is 0.308 e. The maximum absolute atomic E-state index is 13.5. The van der Waals surface area contributed by atoms with Gasteiger partial charge in [0.25, 0.3) is 0 Å². The number of hydrogen-bond acceptors (Lipinski definition) is 4. The van der Waals surface area contributed by atoms with Crippen LogP contribution in [-0.4, -0.2) is 40.1 Å². The molecule has 2 N–H and O–H groups in total. The topological polar surface area (TPSA) is 71.7 Å². The second kappa shape index (κ2) is 9.90. The Morgan fingerprint density at radius 3 is 2.45 bits per heavy atom. The maximum atomic E-state index is 13.5. The molecule has 0 spiro atoms. The first-order valence-corrected chi connectivity index (χ1v) is 10.3. The average molecular weight is 426 g/mol. The number of halogens is 1. The summed E-state index contributed by atoms with van der Waals surface area (Å²) in [5, 5.41) is 21.4.